The molecule has 0 aliphatic heterocycles. The minimum atomic E-state index is -1.36. The molecule has 0 bridgehead atoms. The summed E-state index contributed by atoms with van der Waals surface area (Å²) in [6, 6.07) is 17.3. The van der Waals surface area contributed by atoms with Gasteiger partial charge in [-0.2, -0.15) is 0 Å². The van der Waals surface area contributed by atoms with E-state index < -0.39 is 10.8 Å². The van der Waals surface area contributed by atoms with Gasteiger partial charge < -0.3 is 14.5 Å². The molecule has 0 fully saturated rings. The summed E-state index contributed by atoms with van der Waals surface area (Å²) < 4.78 is 23.2. The van der Waals surface area contributed by atoms with Crippen molar-refractivity contribution in [1.82, 2.24) is 10.3 Å². The van der Waals surface area contributed by atoms with Crippen LogP contribution in [0.5, 0.6) is 5.75 Å². The second-order valence-electron chi connectivity index (χ2n) is 6.56. The predicted octanol–water partition coefficient (Wildman–Crippen LogP) is 3.27. The second kappa shape index (κ2) is 10.0. The predicted molar refractivity (Wildman–Crippen MR) is 113 cm³/mol. The Bertz CT molecular complexity index is 968. The Balaban J connectivity index is 1.50. The number of oxazole rings is 1. The van der Waals surface area contributed by atoms with Crippen molar-refractivity contribution in [3.8, 4) is 17.2 Å². The summed E-state index contributed by atoms with van der Waals surface area (Å²) in [6.07, 6.45) is 0.743. The highest BCUT2D eigenvalue weighted by Crippen LogP contribution is 2.24. The number of carbonyl (C=O) groups excluding carboxylic acids is 1. The number of aryl methyl sites for hydroxylation is 1. The van der Waals surface area contributed by atoms with E-state index >= 15 is 0 Å². The molecule has 7 heteroatoms. The molecule has 1 heterocycles. The highest BCUT2D eigenvalue weighted by atomic mass is 32.2. The summed E-state index contributed by atoms with van der Waals surface area (Å²) in [5.74, 6) is 1.71. The van der Waals surface area contributed by atoms with Crippen LogP contribution in [0.3, 0.4) is 0 Å². The first-order valence-electron chi connectivity index (χ1n) is 9.31. The Morgan fingerprint density at radius 1 is 1.14 bits per heavy atom. The fraction of sp³-hybridized carbons (Fsp3) is 0.273. The molecule has 0 aliphatic rings. The number of hydrogen-bond acceptors (Lipinski definition) is 5. The fourth-order valence-corrected chi connectivity index (χ4v) is 3.88. The van der Waals surface area contributed by atoms with Crippen LogP contribution in [-0.2, 0) is 27.8 Å². The molecule has 0 aliphatic carbocycles. The molecule has 3 aromatic rings. The Morgan fingerprint density at radius 2 is 1.86 bits per heavy atom. The van der Waals surface area contributed by atoms with E-state index in [1.165, 1.54) is 0 Å². The van der Waals surface area contributed by atoms with Crippen LogP contribution in [0.1, 0.15) is 17.0 Å². The van der Waals surface area contributed by atoms with Crippen LogP contribution in [0.2, 0.25) is 0 Å². The number of amides is 1. The molecule has 1 amide bonds. The van der Waals surface area contributed by atoms with Gasteiger partial charge in [0.05, 0.1) is 18.6 Å². The third-order valence-electron chi connectivity index (χ3n) is 4.40. The molecule has 0 unspecified atom stereocenters. The average Bonchev–Trinajstić information content (AvgIpc) is 3.09. The first-order chi connectivity index (χ1) is 14.0. The molecular weight excluding hydrogens is 388 g/mol. The Kier molecular flexibility index (Phi) is 7.19. The summed E-state index contributed by atoms with van der Waals surface area (Å²) in [4.78, 5) is 16.5. The number of aromatic nitrogens is 1. The number of hydrogen-bond donors (Lipinski definition) is 1. The third kappa shape index (κ3) is 6.02. The van der Waals surface area contributed by atoms with Crippen LogP contribution >= 0.6 is 0 Å². The number of ether oxygens (including phenoxy) is 1. The summed E-state index contributed by atoms with van der Waals surface area (Å²) in [7, 11) is 0.245. The Hall–Kier alpha value is -2.93. The topological polar surface area (TPSA) is 81.4 Å². The van der Waals surface area contributed by atoms with Crippen molar-refractivity contribution >= 4 is 16.7 Å². The van der Waals surface area contributed by atoms with Gasteiger partial charge in [-0.1, -0.05) is 30.3 Å². The summed E-state index contributed by atoms with van der Waals surface area (Å²) in [5, 5.41) is 2.82. The lowest BCUT2D eigenvalue weighted by atomic mass is 10.1. The zero-order valence-electron chi connectivity index (χ0n) is 16.5. The van der Waals surface area contributed by atoms with E-state index in [1.54, 1.807) is 14.0 Å². The zero-order chi connectivity index (χ0) is 20.6. The third-order valence-corrected chi connectivity index (χ3v) is 5.58. The lowest BCUT2D eigenvalue weighted by Crippen LogP contribution is -2.30. The number of rotatable bonds is 9. The molecule has 152 valence electrons. The minimum absolute atomic E-state index is 0.0566. The van der Waals surface area contributed by atoms with Gasteiger partial charge in [0.25, 0.3) is 0 Å². The van der Waals surface area contributed by atoms with Crippen LogP contribution in [0.25, 0.3) is 11.5 Å². The summed E-state index contributed by atoms with van der Waals surface area (Å²) in [6.45, 7) is 2.30. The summed E-state index contributed by atoms with van der Waals surface area (Å²) >= 11 is 0. The first-order valence-corrected chi connectivity index (χ1v) is 10.8. The van der Waals surface area contributed by atoms with Crippen molar-refractivity contribution in [2.24, 2.45) is 0 Å². The van der Waals surface area contributed by atoms with E-state index in [4.69, 9.17) is 9.15 Å². The normalized spacial score (nSPS) is 11.8. The van der Waals surface area contributed by atoms with Crippen molar-refractivity contribution in [2.45, 2.75) is 19.1 Å². The molecule has 0 spiro atoms. The van der Waals surface area contributed by atoms with E-state index in [2.05, 4.69) is 10.3 Å². The van der Waals surface area contributed by atoms with Gasteiger partial charge in [0.1, 0.15) is 17.3 Å². The SMILES string of the molecule is COc1ccc(-c2nc(C[S@](=O)CC(=O)NCCc3ccccc3)c(C)o2)cc1. The maximum absolute atomic E-state index is 12.4. The van der Waals surface area contributed by atoms with Gasteiger partial charge in [-0.15, -0.1) is 0 Å². The summed E-state index contributed by atoms with van der Waals surface area (Å²) in [5.41, 5.74) is 2.56. The molecule has 6 nitrogen and oxygen atoms in total. The van der Waals surface area contributed by atoms with E-state index in [1.807, 2.05) is 54.6 Å². The largest absolute Gasteiger partial charge is 0.497 e. The van der Waals surface area contributed by atoms with Crippen LogP contribution in [0, 0.1) is 6.92 Å². The van der Waals surface area contributed by atoms with Gasteiger partial charge in [-0.25, -0.2) is 4.98 Å². The number of methoxy groups -OCH3 is 1. The van der Waals surface area contributed by atoms with Gasteiger partial charge in [0.2, 0.25) is 11.8 Å². The van der Waals surface area contributed by atoms with Crippen molar-refractivity contribution in [3.05, 3.63) is 71.6 Å². The molecule has 29 heavy (non-hydrogen) atoms. The Labute approximate surface area is 172 Å². The van der Waals surface area contributed by atoms with Crippen molar-refractivity contribution in [3.63, 3.8) is 0 Å². The molecule has 0 saturated heterocycles. The van der Waals surface area contributed by atoms with Gasteiger partial charge in [0.15, 0.2) is 0 Å². The highest BCUT2D eigenvalue weighted by molar-refractivity contribution is 7.84. The zero-order valence-corrected chi connectivity index (χ0v) is 17.3. The van der Waals surface area contributed by atoms with Crippen LogP contribution in [-0.4, -0.2) is 34.5 Å². The van der Waals surface area contributed by atoms with E-state index in [-0.39, 0.29) is 17.4 Å². The maximum atomic E-state index is 12.4. The second-order valence-corrected chi connectivity index (χ2v) is 8.02. The number of nitrogens with zero attached hydrogens (tertiary/aromatic N) is 1. The molecule has 0 saturated carbocycles. The monoisotopic (exact) mass is 412 g/mol. The number of carbonyl (C=O) groups is 1. The highest BCUT2D eigenvalue weighted by Gasteiger charge is 2.16. The molecule has 1 N–H and O–H groups in total. The molecule has 1 atom stereocenters. The van der Waals surface area contributed by atoms with Crippen LogP contribution < -0.4 is 10.1 Å². The molecule has 2 aromatic carbocycles. The van der Waals surface area contributed by atoms with Crippen LogP contribution in [0.4, 0.5) is 0 Å². The van der Waals surface area contributed by atoms with Crippen molar-refractivity contribution in [1.29, 1.82) is 0 Å². The lowest BCUT2D eigenvalue weighted by molar-refractivity contribution is -0.118. The Morgan fingerprint density at radius 3 is 2.55 bits per heavy atom. The number of nitrogens with one attached hydrogen (secondary N) is 1. The molecule has 3 rings (SSSR count). The molecule has 1 aromatic heterocycles. The van der Waals surface area contributed by atoms with Gasteiger partial charge in [-0.3, -0.25) is 9.00 Å². The van der Waals surface area contributed by atoms with Crippen molar-refractivity contribution in [2.75, 3.05) is 19.4 Å². The lowest BCUT2D eigenvalue weighted by Gasteiger charge is -2.05. The van der Waals surface area contributed by atoms with Gasteiger partial charge in [-0.05, 0) is 43.2 Å². The molecule has 0 radical (unpaired) electrons. The van der Waals surface area contributed by atoms with Gasteiger partial charge in [0, 0.05) is 22.9 Å². The van der Waals surface area contributed by atoms with Crippen LogP contribution in [0.15, 0.2) is 59.0 Å². The van der Waals surface area contributed by atoms with E-state index in [0.717, 1.165) is 23.3 Å². The smallest absolute Gasteiger partial charge is 0.232 e. The fourth-order valence-electron chi connectivity index (χ4n) is 2.81. The average molecular weight is 413 g/mol. The minimum Gasteiger partial charge on any atom is -0.497 e. The molecular formula is C22H24N2O4S. The van der Waals surface area contributed by atoms with E-state index in [9.17, 15) is 9.00 Å². The van der Waals surface area contributed by atoms with Crippen molar-refractivity contribution < 1.29 is 18.2 Å². The maximum Gasteiger partial charge on any atom is 0.232 e. The number of benzene rings is 2. The standard InChI is InChI=1S/C22H24N2O4S/c1-16-20(24-22(28-16)18-8-10-19(27-2)11-9-18)14-29(26)15-21(25)23-13-12-17-6-4-3-5-7-17/h3-11H,12-15H2,1-2H3,(H,23,25)/t29-/m0/s1. The first kappa shape index (κ1) is 20.8. The van der Waals surface area contributed by atoms with Gasteiger partial charge >= 0.3 is 0 Å². The quantitative estimate of drug-likeness (QED) is 0.583. The van der Waals surface area contributed by atoms with E-state index in [0.29, 0.717) is 23.9 Å².